The van der Waals surface area contributed by atoms with Crippen molar-refractivity contribution in [1.82, 2.24) is 0 Å². The van der Waals surface area contributed by atoms with Crippen molar-refractivity contribution in [2.75, 3.05) is 13.2 Å². The summed E-state index contributed by atoms with van der Waals surface area (Å²) in [5, 5.41) is 1.92. The van der Waals surface area contributed by atoms with Gasteiger partial charge in [0.15, 0.2) is 5.78 Å². The molecule has 0 spiro atoms. The molecule has 0 aromatic carbocycles. The summed E-state index contributed by atoms with van der Waals surface area (Å²) < 4.78 is 5.53. The Morgan fingerprint density at radius 1 is 1.47 bits per heavy atom. The molecule has 17 heavy (non-hydrogen) atoms. The molecular weight excluding hydrogens is 232 g/mol. The fourth-order valence-corrected chi connectivity index (χ4v) is 2.38. The van der Waals surface area contributed by atoms with Crippen LogP contribution in [0.1, 0.15) is 49.2 Å². The summed E-state index contributed by atoms with van der Waals surface area (Å²) in [6.07, 6.45) is 4.82. The number of hydrogen-bond donors (Lipinski definition) is 0. The monoisotopic (exact) mass is 254 g/mol. The van der Waals surface area contributed by atoms with Gasteiger partial charge in [-0.15, -0.1) is 11.3 Å². The molecule has 0 amide bonds. The van der Waals surface area contributed by atoms with E-state index in [1.807, 2.05) is 17.5 Å². The number of unbranched alkanes of at least 4 members (excludes halogenated alkanes) is 1. The summed E-state index contributed by atoms with van der Waals surface area (Å²) >= 11 is 1.48. The van der Waals surface area contributed by atoms with Crippen molar-refractivity contribution in [1.29, 1.82) is 0 Å². The second-order valence-electron chi connectivity index (χ2n) is 4.33. The van der Waals surface area contributed by atoms with Crippen LogP contribution in [-0.4, -0.2) is 19.0 Å². The van der Waals surface area contributed by atoms with Gasteiger partial charge in [0.2, 0.25) is 0 Å². The van der Waals surface area contributed by atoms with Crippen LogP contribution in [0.3, 0.4) is 0 Å². The standard InChI is InChI=1S/C14H22O2S/c1-3-5-7-12(4-2)10-16-11-13(15)14-8-6-9-17-14/h6,8-9,12H,3-5,7,10-11H2,1-2H3. The van der Waals surface area contributed by atoms with Crippen molar-refractivity contribution in [2.24, 2.45) is 5.92 Å². The fourth-order valence-electron chi connectivity index (χ4n) is 1.72. The second-order valence-corrected chi connectivity index (χ2v) is 5.28. The molecule has 0 aliphatic carbocycles. The van der Waals surface area contributed by atoms with Crippen molar-refractivity contribution < 1.29 is 9.53 Å². The van der Waals surface area contributed by atoms with E-state index in [1.165, 1.54) is 30.6 Å². The zero-order valence-corrected chi connectivity index (χ0v) is 11.6. The van der Waals surface area contributed by atoms with Crippen LogP contribution in [0.4, 0.5) is 0 Å². The van der Waals surface area contributed by atoms with Crippen molar-refractivity contribution in [3.05, 3.63) is 22.4 Å². The number of carbonyl (C=O) groups excluding carboxylic acids is 1. The predicted molar refractivity (Wildman–Crippen MR) is 72.8 cm³/mol. The second kappa shape index (κ2) is 8.43. The van der Waals surface area contributed by atoms with Gasteiger partial charge in [0.05, 0.1) is 4.88 Å². The smallest absolute Gasteiger partial charge is 0.198 e. The lowest BCUT2D eigenvalue weighted by atomic mass is 10.0. The van der Waals surface area contributed by atoms with Crippen molar-refractivity contribution >= 4 is 17.1 Å². The summed E-state index contributed by atoms with van der Waals surface area (Å²) in [5.41, 5.74) is 0. The van der Waals surface area contributed by atoms with Crippen LogP contribution >= 0.6 is 11.3 Å². The van der Waals surface area contributed by atoms with Crippen LogP contribution in [0.5, 0.6) is 0 Å². The summed E-state index contributed by atoms with van der Waals surface area (Å²) in [5.74, 6) is 0.705. The number of ketones is 1. The van der Waals surface area contributed by atoms with E-state index < -0.39 is 0 Å². The van der Waals surface area contributed by atoms with Crippen LogP contribution in [0, 0.1) is 5.92 Å². The molecule has 0 aliphatic rings. The molecule has 96 valence electrons. The fraction of sp³-hybridized carbons (Fsp3) is 0.643. The zero-order valence-electron chi connectivity index (χ0n) is 10.8. The first-order chi connectivity index (χ1) is 8.27. The van der Waals surface area contributed by atoms with Gasteiger partial charge in [0.1, 0.15) is 6.61 Å². The van der Waals surface area contributed by atoms with Gasteiger partial charge in [-0.25, -0.2) is 0 Å². The molecule has 0 radical (unpaired) electrons. The molecule has 0 aliphatic heterocycles. The van der Waals surface area contributed by atoms with E-state index in [1.54, 1.807) is 0 Å². The van der Waals surface area contributed by atoms with Gasteiger partial charge < -0.3 is 4.74 Å². The first-order valence-corrected chi connectivity index (χ1v) is 7.30. The number of hydrogen-bond acceptors (Lipinski definition) is 3. The highest BCUT2D eigenvalue weighted by Crippen LogP contribution is 2.14. The van der Waals surface area contributed by atoms with Gasteiger partial charge in [-0.3, -0.25) is 4.79 Å². The third-order valence-electron chi connectivity index (χ3n) is 2.93. The summed E-state index contributed by atoms with van der Waals surface area (Å²) in [6.45, 7) is 5.33. The molecule has 1 unspecified atom stereocenters. The van der Waals surface area contributed by atoms with E-state index in [2.05, 4.69) is 13.8 Å². The van der Waals surface area contributed by atoms with E-state index in [0.29, 0.717) is 12.5 Å². The predicted octanol–water partition coefficient (Wildman–Crippen LogP) is 4.16. The number of Topliss-reactive ketones (excluding diaryl/α,β-unsaturated/α-hetero) is 1. The third kappa shape index (κ3) is 5.46. The number of carbonyl (C=O) groups is 1. The van der Waals surface area contributed by atoms with Crippen molar-refractivity contribution in [2.45, 2.75) is 39.5 Å². The van der Waals surface area contributed by atoms with E-state index in [4.69, 9.17) is 4.74 Å². The van der Waals surface area contributed by atoms with Crippen molar-refractivity contribution in [3.63, 3.8) is 0 Å². The van der Waals surface area contributed by atoms with Crippen molar-refractivity contribution in [3.8, 4) is 0 Å². The van der Waals surface area contributed by atoms with E-state index in [0.717, 1.165) is 11.3 Å². The highest BCUT2D eigenvalue weighted by Gasteiger charge is 2.10. The normalized spacial score (nSPS) is 12.6. The molecule has 0 saturated carbocycles. The Balaban J connectivity index is 2.19. The highest BCUT2D eigenvalue weighted by atomic mass is 32.1. The van der Waals surface area contributed by atoms with E-state index >= 15 is 0 Å². The Morgan fingerprint density at radius 3 is 2.88 bits per heavy atom. The minimum Gasteiger partial charge on any atom is -0.373 e. The molecule has 1 aromatic heterocycles. The first kappa shape index (κ1) is 14.4. The third-order valence-corrected chi connectivity index (χ3v) is 3.84. The SMILES string of the molecule is CCCCC(CC)COCC(=O)c1cccs1. The molecule has 1 heterocycles. The quantitative estimate of drug-likeness (QED) is 0.618. The minimum absolute atomic E-state index is 0.102. The highest BCUT2D eigenvalue weighted by molar-refractivity contribution is 7.12. The van der Waals surface area contributed by atoms with Gasteiger partial charge >= 0.3 is 0 Å². The Hall–Kier alpha value is -0.670. The maximum absolute atomic E-state index is 11.7. The lowest BCUT2D eigenvalue weighted by molar-refractivity contribution is 0.0662. The molecule has 0 N–H and O–H groups in total. The molecular formula is C14H22O2S. The van der Waals surface area contributed by atoms with Crippen LogP contribution < -0.4 is 0 Å². The van der Waals surface area contributed by atoms with Gasteiger partial charge in [0.25, 0.3) is 0 Å². The van der Waals surface area contributed by atoms with E-state index in [9.17, 15) is 4.79 Å². The topological polar surface area (TPSA) is 26.3 Å². The molecule has 0 fully saturated rings. The van der Waals surface area contributed by atoms with Crippen LogP contribution in [0.15, 0.2) is 17.5 Å². The molecule has 0 bridgehead atoms. The van der Waals surface area contributed by atoms with Gasteiger partial charge in [-0.2, -0.15) is 0 Å². The van der Waals surface area contributed by atoms with Gasteiger partial charge in [0, 0.05) is 6.61 Å². The Kier molecular flexibility index (Phi) is 7.13. The summed E-state index contributed by atoms with van der Waals surface area (Å²) in [6, 6.07) is 3.75. The average molecular weight is 254 g/mol. The molecule has 1 atom stereocenters. The number of rotatable bonds is 9. The molecule has 2 nitrogen and oxygen atoms in total. The average Bonchev–Trinajstić information content (AvgIpc) is 2.87. The number of thiophene rings is 1. The first-order valence-electron chi connectivity index (χ1n) is 6.42. The van der Waals surface area contributed by atoms with Crippen LogP contribution in [0.25, 0.3) is 0 Å². The van der Waals surface area contributed by atoms with Gasteiger partial charge in [-0.05, 0) is 23.8 Å². The van der Waals surface area contributed by atoms with E-state index in [-0.39, 0.29) is 12.4 Å². The molecule has 0 saturated heterocycles. The lowest BCUT2D eigenvalue weighted by Crippen LogP contribution is -2.14. The maximum atomic E-state index is 11.7. The minimum atomic E-state index is 0.102. The molecule has 1 rings (SSSR count). The maximum Gasteiger partial charge on any atom is 0.198 e. The molecule has 1 aromatic rings. The summed E-state index contributed by atoms with van der Waals surface area (Å²) in [7, 11) is 0. The number of ether oxygens (including phenoxy) is 1. The lowest BCUT2D eigenvalue weighted by Gasteiger charge is -2.13. The zero-order chi connectivity index (χ0) is 12.5. The van der Waals surface area contributed by atoms with Crippen LogP contribution in [0.2, 0.25) is 0 Å². The largest absolute Gasteiger partial charge is 0.373 e. The molecule has 3 heteroatoms. The summed E-state index contributed by atoms with van der Waals surface area (Å²) in [4.78, 5) is 12.5. The Bertz CT molecular complexity index is 306. The van der Waals surface area contributed by atoms with Gasteiger partial charge in [-0.1, -0.05) is 39.2 Å². The van der Waals surface area contributed by atoms with Crippen LogP contribution in [-0.2, 0) is 4.74 Å². The Labute approximate surface area is 108 Å². The Morgan fingerprint density at radius 2 is 2.29 bits per heavy atom.